The highest BCUT2D eigenvalue weighted by molar-refractivity contribution is 14.1. The average molecular weight is 326 g/mol. The van der Waals surface area contributed by atoms with Crippen molar-refractivity contribution < 1.29 is 18.7 Å². The van der Waals surface area contributed by atoms with Gasteiger partial charge in [-0.1, -0.05) is 6.07 Å². The minimum Gasteiger partial charge on any atom is -0.481 e. The summed E-state index contributed by atoms with van der Waals surface area (Å²) in [6.07, 6.45) is -2.26. The summed E-state index contributed by atoms with van der Waals surface area (Å²) in [6, 6.07) is 4.31. The molecule has 0 aliphatic carbocycles. The van der Waals surface area contributed by atoms with Crippen LogP contribution >= 0.6 is 22.6 Å². The van der Waals surface area contributed by atoms with Gasteiger partial charge in [0.15, 0.2) is 0 Å². The number of aliphatic carboxylic acids is 1. The first-order valence-electron chi connectivity index (χ1n) is 4.29. The molecular weight excluding hydrogens is 317 g/mol. The molecule has 0 aliphatic rings. The number of halogens is 3. The number of carbonyl (C=O) groups is 1. The molecule has 0 radical (unpaired) electrons. The van der Waals surface area contributed by atoms with Crippen molar-refractivity contribution in [2.45, 2.75) is 19.3 Å². The first-order valence-corrected chi connectivity index (χ1v) is 5.37. The average Bonchev–Trinajstić information content (AvgIpc) is 2.16. The highest BCUT2D eigenvalue weighted by atomic mass is 127. The zero-order valence-electron chi connectivity index (χ0n) is 7.71. The first kappa shape index (κ1) is 12.4. The van der Waals surface area contributed by atoms with E-state index in [9.17, 15) is 13.6 Å². The van der Waals surface area contributed by atoms with Gasteiger partial charge in [0.05, 0.1) is 0 Å². The predicted molar refractivity (Wildman–Crippen MR) is 60.1 cm³/mol. The standard InChI is InChI=1S/C10H9F2IO2/c11-10(12)7-1-3-8(13)6(5-7)2-4-9(14)15/h1,3,5,10H,2,4H2,(H,14,15). The summed E-state index contributed by atoms with van der Waals surface area (Å²) < 4.78 is 25.5. The number of hydrogen-bond donors (Lipinski definition) is 1. The summed E-state index contributed by atoms with van der Waals surface area (Å²) in [5.41, 5.74) is 0.603. The molecule has 0 spiro atoms. The van der Waals surface area contributed by atoms with Crippen molar-refractivity contribution in [3.8, 4) is 0 Å². The van der Waals surface area contributed by atoms with Crippen molar-refractivity contribution in [2.75, 3.05) is 0 Å². The highest BCUT2D eigenvalue weighted by Gasteiger charge is 2.10. The Morgan fingerprint density at radius 2 is 2.13 bits per heavy atom. The smallest absolute Gasteiger partial charge is 0.303 e. The summed E-state index contributed by atoms with van der Waals surface area (Å²) >= 11 is 2.01. The lowest BCUT2D eigenvalue weighted by Crippen LogP contribution is -2.00. The van der Waals surface area contributed by atoms with Gasteiger partial charge in [-0.3, -0.25) is 4.79 Å². The Morgan fingerprint density at radius 1 is 1.47 bits per heavy atom. The van der Waals surface area contributed by atoms with Crippen molar-refractivity contribution >= 4 is 28.6 Å². The topological polar surface area (TPSA) is 37.3 Å². The largest absolute Gasteiger partial charge is 0.481 e. The van der Waals surface area contributed by atoms with Crippen LogP contribution in [0.4, 0.5) is 8.78 Å². The second kappa shape index (κ2) is 5.39. The maximum absolute atomic E-state index is 12.4. The Morgan fingerprint density at radius 3 is 2.67 bits per heavy atom. The van der Waals surface area contributed by atoms with E-state index >= 15 is 0 Å². The van der Waals surface area contributed by atoms with E-state index in [1.54, 1.807) is 6.07 Å². The molecule has 2 nitrogen and oxygen atoms in total. The van der Waals surface area contributed by atoms with Gasteiger partial charge >= 0.3 is 5.97 Å². The van der Waals surface area contributed by atoms with Gasteiger partial charge in [0, 0.05) is 15.6 Å². The maximum Gasteiger partial charge on any atom is 0.303 e. The molecule has 0 bridgehead atoms. The van der Waals surface area contributed by atoms with Crippen LogP contribution in [0.2, 0.25) is 0 Å². The van der Waals surface area contributed by atoms with Gasteiger partial charge in [0.2, 0.25) is 0 Å². The van der Waals surface area contributed by atoms with E-state index in [4.69, 9.17) is 5.11 Å². The molecule has 0 aromatic heterocycles. The molecule has 0 aliphatic heterocycles. The Hall–Kier alpha value is -0.720. The molecule has 1 rings (SSSR count). The minimum absolute atomic E-state index is 0.0390. The fraction of sp³-hybridized carbons (Fsp3) is 0.300. The molecule has 0 fully saturated rings. The number of rotatable bonds is 4. The quantitative estimate of drug-likeness (QED) is 0.863. The number of alkyl halides is 2. The first-order chi connectivity index (χ1) is 7.00. The third-order valence-electron chi connectivity index (χ3n) is 1.93. The van der Waals surface area contributed by atoms with Crippen LogP contribution in [0.5, 0.6) is 0 Å². The number of hydrogen-bond acceptors (Lipinski definition) is 1. The summed E-state index contributed by atoms with van der Waals surface area (Å²) in [5, 5.41) is 8.49. The normalized spacial score (nSPS) is 10.7. The number of carboxylic acid groups (broad SMARTS) is 1. The van der Waals surface area contributed by atoms with Crippen LogP contribution in [0.15, 0.2) is 18.2 Å². The van der Waals surface area contributed by atoms with Crippen LogP contribution in [0.3, 0.4) is 0 Å². The molecule has 1 aromatic rings. The van der Waals surface area contributed by atoms with Crippen LogP contribution < -0.4 is 0 Å². The third-order valence-corrected chi connectivity index (χ3v) is 2.98. The molecule has 0 amide bonds. The van der Waals surface area contributed by atoms with Crippen LogP contribution in [-0.4, -0.2) is 11.1 Å². The predicted octanol–water partition coefficient (Wildman–Crippen LogP) is 3.25. The van der Waals surface area contributed by atoms with Gasteiger partial charge in [0.1, 0.15) is 0 Å². The highest BCUT2D eigenvalue weighted by Crippen LogP contribution is 2.23. The van der Waals surface area contributed by atoms with Crippen molar-refractivity contribution in [2.24, 2.45) is 0 Å². The second-order valence-corrected chi connectivity index (χ2v) is 4.21. The fourth-order valence-corrected chi connectivity index (χ4v) is 1.77. The number of carboxylic acids is 1. The SMILES string of the molecule is O=C(O)CCc1cc(C(F)F)ccc1I. The van der Waals surface area contributed by atoms with E-state index in [0.717, 1.165) is 3.57 Å². The molecule has 15 heavy (non-hydrogen) atoms. The molecule has 0 heterocycles. The lowest BCUT2D eigenvalue weighted by atomic mass is 10.1. The molecule has 0 unspecified atom stereocenters. The second-order valence-electron chi connectivity index (χ2n) is 3.05. The van der Waals surface area contributed by atoms with Gasteiger partial charge in [-0.05, 0) is 46.7 Å². The molecule has 82 valence electrons. The van der Waals surface area contributed by atoms with Crippen LogP contribution in [-0.2, 0) is 11.2 Å². The molecule has 0 saturated heterocycles. The molecule has 1 aromatic carbocycles. The van der Waals surface area contributed by atoms with E-state index in [1.807, 2.05) is 22.6 Å². The van der Waals surface area contributed by atoms with Crippen LogP contribution in [0, 0.1) is 3.57 Å². The Balaban J connectivity index is 2.85. The van der Waals surface area contributed by atoms with Gasteiger partial charge in [-0.25, -0.2) is 8.78 Å². The minimum atomic E-state index is -2.51. The van der Waals surface area contributed by atoms with Gasteiger partial charge in [-0.15, -0.1) is 0 Å². The summed E-state index contributed by atoms with van der Waals surface area (Å²) in [7, 11) is 0. The fourth-order valence-electron chi connectivity index (χ4n) is 1.16. The third kappa shape index (κ3) is 3.73. The molecule has 0 saturated carbocycles. The van der Waals surface area contributed by atoms with Crippen LogP contribution in [0.25, 0.3) is 0 Å². The summed E-state index contributed by atoms with van der Waals surface area (Å²) in [4.78, 5) is 10.4. The van der Waals surface area contributed by atoms with Crippen molar-refractivity contribution in [3.05, 3.63) is 32.9 Å². The Kier molecular flexibility index (Phi) is 4.44. The van der Waals surface area contributed by atoms with Gasteiger partial charge in [-0.2, -0.15) is 0 Å². The van der Waals surface area contributed by atoms with Crippen molar-refractivity contribution in [3.63, 3.8) is 0 Å². The van der Waals surface area contributed by atoms with Gasteiger partial charge in [0.25, 0.3) is 6.43 Å². The molecule has 5 heteroatoms. The zero-order valence-corrected chi connectivity index (χ0v) is 9.87. The molecular formula is C10H9F2IO2. The van der Waals surface area contributed by atoms with Crippen molar-refractivity contribution in [1.82, 2.24) is 0 Å². The number of aryl methyl sites for hydroxylation is 1. The van der Waals surface area contributed by atoms with Crippen molar-refractivity contribution in [1.29, 1.82) is 0 Å². The van der Waals surface area contributed by atoms with E-state index < -0.39 is 12.4 Å². The lowest BCUT2D eigenvalue weighted by Gasteiger charge is -2.06. The van der Waals surface area contributed by atoms with E-state index in [0.29, 0.717) is 5.56 Å². The van der Waals surface area contributed by atoms with Gasteiger partial charge < -0.3 is 5.11 Å². The van der Waals surface area contributed by atoms with Crippen LogP contribution in [0.1, 0.15) is 24.0 Å². The maximum atomic E-state index is 12.4. The van der Waals surface area contributed by atoms with E-state index in [2.05, 4.69) is 0 Å². The Labute approximate surface area is 99.4 Å². The summed E-state index contributed by atoms with van der Waals surface area (Å²) in [5.74, 6) is -0.923. The molecule has 1 N–H and O–H groups in total. The van der Waals surface area contributed by atoms with E-state index in [1.165, 1.54) is 12.1 Å². The van der Waals surface area contributed by atoms with E-state index in [-0.39, 0.29) is 18.4 Å². The lowest BCUT2D eigenvalue weighted by molar-refractivity contribution is -0.136. The molecule has 0 atom stereocenters. The zero-order chi connectivity index (χ0) is 11.4. The monoisotopic (exact) mass is 326 g/mol. The number of benzene rings is 1. The summed E-state index contributed by atoms with van der Waals surface area (Å²) in [6.45, 7) is 0. The Bertz CT molecular complexity index is 366.